The fraction of sp³-hybridized carbons (Fsp3) is 0.364. The first kappa shape index (κ1) is 12.8. The molecule has 0 saturated heterocycles. The minimum atomic E-state index is 0.462. The molecule has 2 aromatic rings. The standard InChI is InChI=1S/C11H14BrN5O/c1-4-13-11-14-6-8(12)10(15-11)18-9-5-7(2)16-17(9)3/h5-6H,4H2,1-3H3,(H,13,14,15). The van der Waals surface area contributed by atoms with Crippen LogP contribution in [0.1, 0.15) is 12.6 Å². The number of anilines is 1. The zero-order chi connectivity index (χ0) is 13.1. The molecule has 2 rings (SSSR count). The lowest BCUT2D eigenvalue weighted by atomic mass is 10.5. The van der Waals surface area contributed by atoms with Gasteiger partial charge in [-0.15, -0.1) is 0 Å². The third-order valence-corrected chi connectivity index (χ3v) is 2.75. The lowest BCUT2D eigenvalue weighted by Crippen LogP contribution is -2.04. The van der Waals surface area contributed by atoms with Gasteiger partial charge in [0.25, 0.3) is 0 Å². The maximum Gasteiger partial charge on any atom is 0.240 e. The Hall–Kier alpha value is -1.63. The monoisotopic (exact) mass is 311 g/mol. The predicted octanol–water partition coefficient (Wildman–Crippen LogP) is 2.51. The summed E-state index contributed by atoms with van der Waals surface area (Å²) in [6.45, 7) is 4.65. The van der Waals surface area contributed by atoms with Crippen molar-refractivity contribution in [3.05, 3.63) is 22.4 Å². The fourth-order valence-corrected chi connectivity index (χ4v) is 1.72. The second-order valence-corrected chi connectivity index (χ2v) is 4.58. The van der Waals surface area contributed by atoms with E-state index in [4.69, 9.17) is 4.74 Å². The molecule has 96 valence electrons. The highest BCUT2D eigenvalue weighted by molar-refractivity contribution is 9.10. The Morgan fingerprint density at radius 3 is 2.89 bits per heavy atom. The molecular formula is C11H14BrN5O. The highest BCUT2D eigenvalue weighted by Gasteiger charge is 2.10. The van der Waals surface area contributed by atoms with Gasteiger partial charge < -0.3 is 10.1 Å². The number of nitrogens with one attached hydrogen (secondary N) is 1. The molecule has 0 atom stereocenters. The average Bonchev–Trinajstić information content (AvgIpc) is 2.62. The number of nitrogens with zero attached hydrogens (tertiary/aromatic N) is 4. The highest BCUT2D eigenvalue weighted by Crippen LogP contribution is 2.27. The first-order valence-corrected chi connectivity index (χ1v) is 6.34. The van der Waals surface area contributed by atoms with Crippen molar-refractivity contribution in [2.24, 2.45) is 7.05 Å². The number of aromatic nitrogens is 4. The van der Waals surface area contributed by atoms with Crippen LogP contribution in [0.3, 0.4) is 0 Å². The topological polar surface area (TPSA) is 64.9 Å². The Labute approximate surface area is 114 Å². The minimum Gasteiger partial charge on any atom is -0.420 e. The molecule has 0 bridgehead atoms. The van der Waals surface area contributed by atoms with Crippen molar-refractivity contribution in [3.8, 4) is 11.8 Å². The maximum absolute atomic E-state index is 5.71. The van der Waals surface area contributed by atoms with Gasteiger partial charge in [-0.2, -0.15) is 10.1 Å². The van der Waals surface area contributed by atoms with E-state index in [1.54, 1.807) is 10.9 Å². The third-order valence-electron chi connectivity index (χ3n) is 2.21. The molecule has 0 radical (unpaired) electrons. The van der Waals surface area contributed by atoms with Crippen LogP contribution in [-0.4, -0.2) is 26.3 Å². The Morgan fingerprint density at radius 1 is 1.50 bits per heavy atom. The van der Waals surface area contributed by atoms with Crippen molar-refractivity contribution in [3.63, 3.8) is 0 Å². The summed E-state index contributed by atoms with van der Waals surface area (Å²) in [4.78, 5) is 8.40. The van der Waals surface area contributed by atoms with Gasteiger partial charge in [0.2, 0.25) is 17.7 Å². The summed E-state index contributed by atoms with van der Waals surface area (Å²) < 4.78 is 8.07. The van der Waals surface area contributed by atoms with E-state index in [0.29, 0.717) is 22.2 Å². The molecule has 7 heteroatoms. The summed E-state index contributed by atoms with van der Waals surface area (Å²) in [5.74, 6) is 1.63. The van der Waals surface area contributed by atoms with Gasteiger partial charge in [0.05, 0.1) is 16.4 Å². The normalized spacial score (nSPS) is 10.4. The first-order chi connectivity index (χ1) is 8.60. The molecule has 0 saturated carbocycles. The summed E-state index contributed by atoms with van der Waals surface area (Å²) in [7, 11) is 1.82. The molecule has 0 spiro atoms. The predicted molar refractivity (Wildman–Crippen MR) is 71.9 cm³/mol. The molecule has 0 aromatic carbocycles. The van der Waals surface area contributed by atoms with Crippen LogP contribution < -0.4 is 10.1 Å². The van der Waals surface area contributed by atoms with E-state index < -0.39 is 0 Å². The Morgan fingerprint density at radius 2 is 2.28 bits per heavy atom. The van der Waals surface area contributed by atoms with Crippen LogP contribution in [-0.2, 0) is 7.05 Å². The molecule has 0 fully saturated rings. The highest BCUT2D eigenvalue weighted by atomic mass is 79.9. The van der Waals surface area contributed by atoms with E-state index in [1.807, 2.05) is 27.0 Å². The van der Waals surface area contributed by atoms with Gasteiger partial charge in [0.15, 0.2) is 0 Å². The smallest absolute Gasteiger partial charge is 0.240 e. The van der Waals surface area contributed by atoms with Crippen LogP contribution in [0.15, 0.2) is 16.7 Å². The van der Waals surface area contributed by atoms with E-state index in [-0.39, 0.29) is 0 Å². The molecule has 0 amide bonds. The summed E-state index contributed by atoms with van der Waals surface area (Å²) in [6, 6.07) is 1.85. The fourth-order valence-electron chi connectivity index (χ4n) is 1.45. The Balaban J connectivity index is 2.27. The van der Waals surface area contributed by atoms with E-state index >= 15 is 0 Å². The van der Waals surface area contributed by atoms with E-state index in [9.17, 15) is 0 Å². The van der Waals surface area contributed by atoms with Gasteiger partial charge in [-0.25, -0.2) is 9.67 Å². The average molecular weight is 312 g/mol. The van der Waals surface area contributed by atoms with Gasteiger partial charge in [-0.1, -0.05) is 0 Å². The van der Waals surface area contributed by atoms with Crippen LogP contribution >= 0.6 is 15.9 Å². The second-order valence-electron chi connectivity index (χ2n) is 3.73. The molecule has 0 unspecified atom stereocenters. The minimum absolute atomic E-state index is 0.462. The molecular weight excluding hydrogens is 298 g/mol. The van der Waals surface area contributed by atoms with Crippen molar-refractivity contribution in [2.45, 2.75) is 13.8 Å². The molecule has 0 aliphatic carbocycles. The maximum atomic E-state index is 5.71. The van der Waals surface area contributed by atoms with Crippen LogP contribution in [0, 0.1) is 6.92 Å². The lowest BCUT2D eigenvalue weighted by Gasteiger charge is -2.08. The van der Waals surface area contributed by atoms with E-state index in [2.05, 4.69) is 36.3 Å². The zero-order valence-electron chi connectivity index (χ0n) is 10.4. The van der Waals surface area contributed by atoms with Gasteiger partial charge in [-0.3, -0.25) is 0 Å². The molecule has 2 heterocycles. The SMILES string of the molecule is CCNc1ncc(Br)c(Oc2cc(C)nn2C)n1. The lowest BCUT2D eigenvalue weighted by molar-refractivity contribution is 0.412. The van der Waals surface area contributed by atoms with Crippen molar-refractivity contribution >= 4 is 21.9 Å². The molecule has 0 aliphatic heterocycles. The van der Waals surface area contributed by atoms with Crippen LogP contribution in [0.4, 0.5) is 5.95 Å². The second kappa shape index (κ2) is 5.34. The van der Waals surface area contributed by atoms with Crippen molar-refractivity contribution < 1.29 is 4.74 Å². The van der Waals surface area contributed by atoms with E-state index in [0.717, 1.165) is 12.2 Å². The summed E-state index contributed by atoms with van der Waals surface area (Å²) >= 11 is 3.36. The number of hydrogen-bond donors (Lipinski definition) is 1. The van der Waals surface area contributed by atoms with Crippen LogP contribution in [0.5, 0.6) is 11.8 Å². The van der Waals surface area contributed by atoms with Gasteiger partial charge in [-0.05, 0) is 29.8 Å². The van der Waals surface area contributed by atoms with Crippen LogP contribution in [0.25, 0.3) is 0 Å². The number of rotatable bonds is 4. The molecule has 2 aromatic heterocycles. The summed E-state index contributed by atoms with van der Waals surface area (Å²) in [6.07, 6.45) is 1.66. The Bertz CT molecular complexity index is 554. The van der Waals surface area contributed by atoms with Gasteiger partial charge >= 0.3 is 0 Å². The quantitative estimate of drug-likeness (QED) is 0.940. The van der Waals surface area contributed by atoms with E-state index in [1.165, 1.54) is 0 Å². The van der Waals surface area contributed by atoms with Gasteiger partial charge in [0.1, 0.15) is 0 Å². The third kappa shape index (κ3) is 2.79. The number of aryl methyl sites for hydroxylation is 2. The number of halogens is 1. The summed E-state index contributed by atoms with van der Waals surface area (Å²) in [5.41, 5.74) is 0.893. The molecule has 18 heavy (non-hydrogen) atoms. The summed E-state index contributed by atoms with van der Waals surface area (Å²) in [5, 5.41) is 7.25. The largest absolute Gasteiger partial charge is 0.420 e. The number of hydrogen-bond acceptors (Lipinski definition) is 5. The Kier molecular flexibility index (Phi) is 3.81. The van der Waals surface area contributed by atoms with Crippen LogP contribution in [0.2, 0.25) is 0 Å². The first-order valence-electron chi connectivity index (χ1n) is 5.55. The van der Waals surface area contributed by atoms with Crippen molar-refractivity contribution in [2.75, 3.05) is 11.9 Å². The molecule has 1 N–H and O–H groups in total. The van der Waals surface area contributed by atoms with Crippen molar-refractivity contribution in [1.82, 2.24) is 19.7 Å². The molecule has 0 aliphatic rings. The molecule has 6 nitrogen and oxygen atoms in total. The van der Waals surface area contributed by atoms with Gasteiger partial charge in [0, 0.05) is 19.7 Å². The van der Waals surface area contributed by atoms with Crippen molar-refractivity contribution in [1.29, 1.82) is 0 Å². The zero-order valence-corrected chi connectivity index (χ0v) is 12.0. The number of ether oxygens (including phenoxy) is 1.